The first-order chi connectivity index (χ1) is 9.54. The molecule has 2 nitrogen and oxygen atoms in total. The summed E-state index contributed by atoms with van der Waals surface area (Å²) < 4.78 is 1.02. The van der Waals surface area contributed by atoms with Gasteiger partial charge in [-0.3, -0.25) is 4.79 Å². The van der Waals surface area contributed by atoms with E-state index in [2.05, 4.69) is 27.8 Å². The Kier molecular flexibility index (Phi) is 4.74. The molecule has 0 aromatic heterocycles. The number of nitrogens with one attached hydrogen (secondary N) is 1. The van der Waals surface area contributed by atoms with Crippen LogP contribution in [0.3, 0.4) is 0 Å². The predicted octanol–water partition coefficient (Wildman–Crippen LogP) is 4.96. The van der Waals surface area contributed by atoms with E-state index in [1.165, 1.54) is 0 Å². The molecule has 0 saturated carbocycles. The second-order valence-corrected chi connectivity index (χ2v) is 5.62. The molecule has 1 N–H and O–H groups in total. The summed E-state index contributed by atoms with van der Waals surface area (Å²) in [5.74, 6) is 0.0691. The van der Waals surface area contributed by atoms with Crippen LogP contribution >= 0.6 is 15.9 Å². The van der Waals surface area contributed by atoms with Crippen LogP contribution in [0.2, 0.25) is 0 Å². The molecular weight excluding hydrogens is 314 g/mol. The number of ketones is 1. The van der Waals surface area contributed by atoms with E-state index in [-0.39, 0.29) is 5.78 Å². The molecule has 0 aliphatic carbocycles. The number of carbonyl (C=O) groups excluding carboxylic acids is 1. The Hall–Kier alpha value is -1.87. The van der Waals surface area contributed by atoms with Gasteiger partial charge in [-0.1, -0.05) is 52.3 Å². The summed E-state index contributed by atoms with van der Waals surface area (Å²) in [6, 6.07) is 15.3. The molecule has 2 aromatic carbocycles. The highest BCUT2D eigenvalue weighted by Crippen LogP contribution is 2.17. The van der Waals surface area contributed by atoms with Gasteiger partial charge in [0.1, 0.15) is 0 Å². The number of allylic oxidation sites excluding steroid dienone is 1. The zero-order valence-electron chi connectivity index (χ0n) is 11.3. The van der Waals surface area contributed by atoms with Crippen molar-refractivity contribution >= 4 is 27.4 Å². The highest BCUT2D eigenvalue weighted by atomic mass is 79.9. The Bertz CT molecular complexity index is 614. The first-order valence-corrected chi connectivity index (χ1v) is 7.14. The van der Waals surface area contributed by atoms with Crippen LogP contribution < -0.4 is 5.32 Å². The lowest BCUT2D eigenvalue weighted by Crippen LogP contribution is -2.06. The van der Waals surface area contributed by atoms with Crippen molar-refractivity contribution in [3.8, 4) is 0 Å². The molecule has 0 amide bonds. The molecule has 20 heavy (non-hydrogen) atoms. The van der Waals surface area contributed by atoms with E-state index in [0.29, 0.717) is 17.7 Å². The van der Waals surface area contributed by atoms with Gasteiger partial charge < -0.3 is 5.32 Å². The van der Waals surface area contributed by atoms with Crippen LogP contribution in [0.1, 0.15) is 22.3 Å². The second-order valence-electron chi connectivity index (χ2n) is 4.70. The molecule has 2 aromatic rings. The number of rotatable bonds is 5. The molecule has 3 heteroatoms. The van der Waals surface area contributed by atoms with Crippen molar-refractivity contribution in [2.45, 2.75) is 13.3 Å². The van der Waals surface area contributed by atoms with Crippen molar-refractivity contribution in [2.75, 3.05) is 5.32 Å². The topological polar surface area (TPSA) is 29.1 Å². The van der Waals surface area contributed by atoms with Crippen LogP contribution in [0, 0.1) is 6.92 Å². The lowest BCUT2D eigenvalue weighted by atomic mass is 10.1. The largest absolute Gasteiger partial charge is 0.359 e. The summed E-state index contributed by atoms with van der Waals surface area (Å²) >= 11 is 3.38. The number of hydrogen-bond donors (Lipinski definition) is 1. The minimum absolute atomic E-state index is 0.0691. The first kappa shape index (κ1) is 14.5. The fraction of sp³-hybridized carbons (Fsp3) is 0.118. The monoisotopic (exact) mass is 329 g/mol. The van der Waals surface area contributed by atoms with Gasteiger partial charge >= 0.3 is 0 Å². The summed E-state index contributed by atoms with van der Waals surface area (Å²) in [7, 11) is 0. The van der Waals surface area contributed by atoms with Gasteiger partial charge in [-0.05, 0) is 31.2 Å². The zero-order valence-corrected chi connectivity index (χ0v) is 12.9. The molecule has 0 heterocycles. The molecule has 102 valence electrons. The van der Waals surface area contributed by atoms with Crippen LogP contribution in [0.15, 0.2) is 65.3 Å². The Labute approximate surface area is 127 Å². The maximum atomic E-state index is 12.1. The standard InChI is InChI=1S/C17H16BrNO/c1-12-3-5-14(6-4-12)17(20)11-13(2)19-16-9-7-15(18)8-10-16/h3-10,19H,2,11H2,1H3. The van der Waals surface area contributed by atoms with E-state index in [1.54, 1.807) is 0 Å². The maximum absolute atomic E-state index is 12.1. The van der Waals surface area contributed by atoms with Gasteiger partial charge in [0, 0.05) is 21.4 Å². The fourth-order valence-electron chi connectivity index (χ4n) is 1.82. The number of Topliss-reactive ketones (excluding diaryl/α,β-unsaturated/α-hetero) is 1. The lowest BCUT2D eigenvalue weighted by Gasteiger charge is -2.09. The van der Waals surface area contributed by atoms with E-state index in [9.17, 15) is 4.79 Å². The molecule has 2 rings (SSSR count). The summed E-state index contributed by atoms with van der Waals surface area (Å²) in [4.78, 5) is 12.1. The van der Waals surface area contributed by atoms with Crippen molar-refractivity contribution in [3.63, 3.8) is 0 Å². The van der Waals surface area contributed by atoms with Gasteiger partial charge in [-0.2, -0.15) is 0 Å². The summed E-state index contributed by atoms with van der Waals surface area (Å²) in [6.07, 6.45) is 0.291. The second kappa shape index (κ2) is 6.53. The number of anilines is 1. The first-order valence-electron chi connectivity index (χ1n) is 6.35. The van der Waals surface area contributed by atoms with Crippen LogP contribution in [-0.4, -0.2) is 5.78 Å². The minimum Gasteiger partial charge on any atom is -0.359 e. The van der Waals surface area contributed by atoms with E-state index in [1.807, 2.05) is 55.5 Å². The van der Waals surface area contributed by atoms with Crippen LogP contribution in [0.4, 0.5) is 5.69 Å². The van der Waals surface area contributed by atoms with Crippen molar-refractivity contribution in [1.82, 2.24) is 0 Å². The molecule has 0 aliphatic rings. The highest BCUT2D eigenvalue weighted by molar-refractivity contribution is 9.10. The average molecular weight is 330 g/mol. The Morgan fingerprint density at radius 1 is 1.10 bits per heavy atom. The molecule has 0 spiro atoms. The number of hydrogen-bond acceptors (Lipinski definition) is 2. The minimum atomic E-state index is 0.0691. The van der Waals surface area contributed by atoms with Gasteiger partial charge in [0.25, 0.3) is 0 Å². The van der Waals surface area contributed by atoms with E-state index < -0.39 is 0 Å². The molecule has 0 bridgehead atoms. The van der Waals surface area contributed by atoms with Crippen molar-refractivity contribution < 1.29 is 4.79 Å². The normalized spacial score (nSPS) is 10.1. The third kappa shape index (κ3) is 4.07. The zero-order chi connectivity index (χ0) is 14.5. The highest BCUT2D eigenvalue weighted by Gasteiger charge is 2.07. The molecule has 0 radical (unpaired) electrons. The Morgan fingerprint density at radius 2 is 1.70 bits per heavy atom. The van der Waals surface area contributed by atoms with Crippen molar-refractivity contribution in [2.24, 2.45) is 0 Å². The number of aryl methyl sites for hydroxylation is 1. The van der Waals surface area contributed by atoms with Crippen molar-refractivity contribution in [1.29, 1.82) is 0 Å². The van der Waals surface area contributed by atoms with Crippen LogP contribution in [-0.2, 0) is 0 Å². The Morgan fingerprint density at radius 3 is 2.30 bits per heavy atom. The van der Waals surface area contributed by atoms with E-state index in [4.69, 9.17) is 0 Å². The number of carbonyl (C=O) groups is 1. The third-order valence-corrected chi connectivity index (χ3v) is 3.44. The predicted molar refractivity (Wildman–Crippen MR) is 87.0 cm³/mol. The van der Waals surface area contributed by atoms with Crippen molar-refractivity contribution in [3.05, 3.63) is 76.4 Å². The average Bonchev–Trinajstić information content (AvgIpc) is 2.42. The van der Waals surface area contributed by atoms with E-state index >= 15 is 0 Å². The fourth-order valence-corrected chi connectivity index (χ4v) is 2.08. The number of benzene rings is 2. The SMILES string of the molecule is C=C(CC(=O)c1ccc(C)cc1)Nc1ccc(Br)cc1. The van der Waals surface area contributed by atoms with Gasteiger partial charge in [0.15, 0.2) is 5.78 Å². The summed E-state index contributed by atoms with van der Waals surface area (Å²) in [5, 5.41) is 3.15. The molecule has 0 fully saturated rings. The molecule has 0 unspecified atom stereocenters. The number of halogens is 1. The summed E-state index contributed by atoms with van der Waals surface area (Å²) in [5.41, 5.74) is 3.48. The van der Waals surface area contributed by atoms with Gasteiger partial charge in [-0.25, -0.2) is 0 Å². The Balaban J connectivity index is 1.95. The lowest BCUT2D eigenvalue weighted by molar-refractivity contribution is 0.0993. The molecular formula is C17H16BrNO. The molecule has 0 aliphatic heterocycles. The third-order valence-electron chi connectivity index (χ3n) is 2.91. The van der Waals surface area contributed by atoms with Gasteiger partial charge in [-0.15, -0.1) is 0 Å². The maximum Gasteiger partial charge on any atom is 0.168 e. The summed E-state index contributed by atoms with van der Waals surface area (Å²) in [6.45, 7) is 5.91. The molecule has 0 saturated heterocycles. The molecule has 0 atom stereocenters. The van der Waals surface area contributed by atoms with Crippen LogP contribution in [0.5, 0.6) is 0 Å². The van der Waals surface area contributed by atoms with Crippen LogP contribution in [0.25, 0.3) is 0 Å². The van der Waals surface area contributed by atoms with Gasteiger partial charge in [0.05, 0.1) is 6.42 Å². The van der Waals surface area contributed by atoms with Gasteiger partial charge in [0.2, 0.25) is 0 Å². The quantitative estimate of drug-likeness (QED) is 0.786. The smallest absolute Gasteiger partial charge is 0.168 e. The van der Waals surface area contributed by atoms with E-state index in [0.717, 1.165) is 15.7 Å².